The fourth-order valence-electron chi connectivity index (χ4n) is 7.65. The minimum absolute atomic E-state index is 0.0639. The SMILES string of the molecule is CC.CC.CC.CC.Cc1ccccc1.NCCCNc1cc(=O)c2sccc2[nH]1.O=C(O)CCc1ccccc1.O=C1CCc2ccccc21.O=c1cc(NCCCNC2CCc3ccccc32)[nH]c2ccsc12. The van der Waals surface area contributed by atoms with Crippen LogP contribution in [0.5, 0.6) is 0 Å². The summed E-state index contributed by atoms with van der Waals surface area (Å²) in [6, 6.07) is 44.0. The molecule has 13 heteroatoms. The number of aromatic amines is 2. The first-order chi connectivity index (χ1) is 36.7. The maximum absolute atomic E-state index is 12.0. The van der Waals surface area contributed by atoms with E-state index in [0.29, 0.717) is 31.2 Å². The Morgan fingerprint density at radius 1 is 0.613 bits per heavy atom. The molecule has 1 atom stereocenters. The van der Waals surface area contributed by atoms with Gasteiger partial charge in [0.05, 0.1) is 20.4 Å². The Hall–Kier alpha value is -6.64. The molecule has 0 radical (unpaired) electrons. The molecule has 10 rings (SSSR count). The molecule has 404 valence electrons. The number of rotatable bonds is 13. The van der Waals surface area contributed by atoms with Crippen molar-refractivity contribution in [2.24, 2.45) is 5.73 Å². The van der Waals surface area contributed by atoms with Crippen LogP contribution in [0, 0.1) is 6.92 Å². The van der Waals surface area contributed by atoms with E-state index in [1.807, 2.05) is 151 Å². The first-order valence-electron chi connectivity index (χ1n) is 26.8. The number of benzene rings is 4. The minimum atomic E-state index is -0.742. The van der Waals surface area contributed by atoms with Gasteiger partial charge in [-0.2, -0.15) is 0 Å². The monoisotopic (exact) mass is 1060 g/mol. The molecule has 0 aliphatic heterocycles. The van der Waals surface area contributed by atoms with Crippen molar-refractivity contribution in [3.8, 4) is 0 Å². The van der Waals surface area contributed by atoms with Gasteiger partial charge in [-0.15, -0.1) is 22.7 Å². The Balaban J connectivity index is 0.000000328. The van der Waals surface area contributed by atoms with Crippen molar-refractivity contribution in [1.29, 1.82) is 0 Å². The second-order valence-corrected chi connectivity index (χ2v) is 18.0. The quantitative estimate of drug-likeness (QED) is 0.0553. The average molecular weight is 1060 g/mol. The number of carbonyl (C=O) groups is 2. The molecule has 0 saturated heterocycles. The lowest BCUT2D eigenvalue weighted by Gasteiger charge is -2.14. The van der Waals surface area contributed by atoms with E-state index in [9.17, 15) is 19.2 Å². The van der Waals surface area contributed by atoms with E-state index in [1.54, 1.807) is 12.1 Å². The van der Waals surface area contributed by atoms with Crippen molar-refractivity contribution in [1.82, 2.24) is 15.3 Å². The summed E-state index contributed by atoms with van der Waals surface area (Å²) < 4.78 is 1.57. The number of H-pyrrole nitrogens is 2. The predicted molar refractivity (Wildman–Crippen MR) is 324 cm³/mol. The number of carbonyl (C=O) groups excluding carboxylic acids is 1. The molecule has 4 aromatic carbocycles. The van der Waals surface area contributed by atoms with Gasteiger partial charge in [-0.25, -0.2) is 0 Å². The van der Waals surface area contributed by atoms with Crippen molar-refractivity contribution in [2.45, 2.75) is 120 Å². The number of nitrogens with two attached hydrogens (primary N) is 1. The van der Waals surface area contributed by atoms with Gasteiger partial charge in [0.2, 0.25) is 10.9 Å². The first-order valence-corrected chi connectivity index (χ1v) is 28.5. The van der Waals surface area contributed by atoms with Gasteiger partial charge in [0.1, 0.15) is 11.6 Å². The average Bonchev–Trinajstić information content (AvgIpc) is 4.30. The first kappa shape index (κ1) is 64.5. The summed E-state index contributed by atoms with van der Waals surface area (Å²) in [6.07, 6.45) is 6.75. The fraction of sp³-hybridized carbons (Fsp3) is 0.355. The number of carboxylic acids is 1. The maximum Gasteiger partial charge on any atom is 0.303 e. The number of hydrogen-bond donors (Lipinski definition) is 7. The zero-order chi connectivity index (χ0) is 55.2. The van der Waals surface area contributed by atoms with Crippen LogP contribution in [-0.2, 0) is 24.1 Å². The molecule has 4 heterocycles. The third kappa shape index (κ3) is 23.2. The van der Waals surface area contributed by atoms with Gasteiger partial charge < -0.3 is 36.8 Å². The summed E-state index contributed by atoms with van der Waals surface area (Å²) in [5.41, 5.74) is 14.8. The highest BCUT2D eigenvalue weighted by atomic mass is 32.1. The van der Waals surface area contributed by atoms with Gasteiger partial charge in [-0.1, -0.05) is 170 Å². The van der Waals surface area contributed by atoms with E-state index in [0.717, 1.165) is 82.1 Å². The number of Topliss-reactive ketones (excluding diaryl/α,β-unsaturated/α-hetero) is 1. The highest BCUT2D eigenvalue weighted by molar-refractivity contribution is 7.17. The molecule has 0 spiro atoms. The number of aryl methyl sites for hydroxylation is 4. The Bertz CT molecular complexity index is 2890. The van der Waals surface area contributed by atoms with Crippen LogP contribution in [0.1, 0.15) is 132 Å². The van der Waals surface area contributed by atoms with E-state index in [4.69, 9.17) is 10.8 Å². The number of ketones is 1. The van der Waals surface area contributed by atoms with Gasteiger partial charge in [0.15, 0.2) is 5.78 Å². The van der Waals surface area contributed by atoms with E-state index in [2.05, 4.69) is 69.2 Å². The van der Waals surface area contributed by atoms with Crippen LogP contribution in [0.15, 0.2) is 154 Å². The number of fused-ring (bicyclic) bond motifs is 4. The number of carboxylic acid groups (broad SMARTS) is 1. The Labute approximate surface area is 454 Å². The Kier molecular flexibility index (Phi) is 33.4. The molecule has 1 unspecified atom stereocenters. The zero-order valence-corrected chi connectivity index (χ0v) is 47.5. The molecule has 11 nitrogen and oxygen atoms in total. The molecular weight excluding hydrogens is 973 g/mol. The third-order valence-corrected chi connectivity index (χ3v) is 13.0. The number of aromatic nitrogens is 2. The topological polar surface area (TPSA) is 182 Å². The summed E-state index contributed by atoms with van der Waals surface area (Å²) in [6.45, 7) is 21.3. The summed E-state index contributed by atoms with van der Waals surface area (Å²) >= 11 is 2.94. The third-order valence-electron chi connectivity index (χ3n) is 11.1. The normalized spacial score (nSPS) is 12.0. The summed E-state index contributed by atoms with van der Waals surface area (Å²) in [5.74, 6) is 1.13. The van der Waals surface area contributed by atoms with Crippen molar-refractivity contribution >= 4 is 66.5 Å². The van der Waals surface area contributed by atoms with Crippen molar-refractivity contribution in [3.63, 3.8) is 0 Å². The van der Waals surface area contributed by atoms with Crippen LogP contribution in [0.2, 0.25) is 0 Å². The molecule has 8 N–H and O–H groups in total. The lowest BCUT2D eigenvalue weighted by atomic mass is 10.1. The smallest absolute Gasteiger partial charge is 0.303 e. The van der Waals surface area contributed by atoms with Crippen LogP contribution in [-0.4, -0.2) is 53.0 Å². The largest absolute Gasteiger partial charge is 0.481 e. The number of pyridine rings is 2. The van der Waals surface area contributed by atoms with Gasteiger partial charge in [0.25, 0.3) is 0 Å². The maximum atomic E-state index is 12.0. The highest BCUT2D eigenvalue weighted by Crippen LogP contribution is 2.30. The van der Waals surface area contributed by atoms with Crippen LogP contribution < -0.4 is 32.5 Å². The van der Waals surface area contributed by atoms with Crippen LogP contribution in [0.4, 0.5) is 11.6 Å². The molecule has 0 amide bonds. The van der Waals surface area contributed by atoms with E-state index < -0.39 is 5.97 Å². The van der Waals surface area contributed by atoms with Crippen LogP contribution >= 0.6 is 22.7 Å². The summed E-state index contributed by atoms with van der Waals surface area (Å²) in [5, 5.41) is 22.3. The molecule has 0 saturated carbocycles. The second kappa shape index (κ2) is 38.9. The highest BCUT2D eigenvalue weighted by Gasteiger charge is 2.21. The predicted octanol–water partition coefficient (Wildman–Crippen LogP) is 14.6. The van der Waals surface area contributed by atoms with Crippen molar-refractivity contribution in [2.75, 3.05) is 36.8 Å². The minimum Gasteiger partial charge on any atom is -0.481 e. The van der Waals surface area contributed by atoms with E-state index >= 15 is 0 Å². The number of hydrogen-bond acceptors (Lipinski definition) is 10. The van der Waals surface area contributed by atoms with Gasteiger partial charge in [-0.3, -0.25) is 19.2 Å². The molecule has 0 bridgehead atoms. The molecule has 2 aliphatic carbocycles. The van der Waals surface area contributed by atoms with Gasteiger partial charge >= 0.3 is 5.97 Å². The summed E-state index contributed by atoms with van der Waals surface area (Å²) in [7, 11) is 0. The van der Waals surface area contributed by atoms with E-state index in [-0.39, 0.29) is 17.3 Å². The standard InChI is InChI=1S/C19H21N3OS.C10H13N3OS.C9H10O2.C9H8O.C7H8.4C2H6/c23-17-12-18(22-16-8-11-24-19(16)17)21-10-3-9-20-15-7-6-13-4-1-2-5-14(13)15;11-3-1-4-12-9-6-8(14)10-7(13-9)2-5-15-10;10-9(11)7-6-8-4-2-1-3-5-8;10-9-6-5-7-3-1-2-4-8(7)9;1-7-5-3-2-4-6-7;4*1-2/h1-2,4-5,8,11-12,15,20H,3,6-7,9-10H2,(H2,21,22,23);2,5-6H,1,3-4,11H2,(H2,12,13,14);1-5H,6-7H2,(H,10,11);1-4H,5-6H2;2-6H,1H3;4*1-2H3. The molecule has 0 fully saturated rings. The zero-order valence-electron chi connectivity index (χ0n) is 45.9. The number of nitrogens with one attached hydrogen (secondary N) is 5. The summed E-state index contributed by atoms with van der Waals surface area (Å²) in [4.78, 5) is 51.3. The number of thiophene rings is 2. The van der Waals surface area contributed by atoms with Crippen molar-refractivity contribution < 1.29 is 14.7 Å². The van der Waals surface area contributed by atoms with Gasteiger partial charge in [0, 0.05) is 49.7 Å². The fourth-order valence-corrected chi connectivity index (χ4v) is 9.17. The Morgan fingerprint density at radius 3 is 1.64 bits per heavy atom. The number of aliphatic carboxylic acids is 1. The van der Waals surface area contributed by atoms with Crippen LogP contribution in [0.3, 0.4) is 0 Å². The van der Waals surface area contributed by atoms with Crippen LogP contribution in [0.25, 0.3) is 20.4 Å². The lowest BCUT2D eigenvalue weighted by molar-refractivity contribution is -0.136. The molecular formula is C62H84N6O5S2. The molecule has 8 aromatic rings. The van der Waals surface area contributed by atoms with Crippen molar-refractivity contribution in [3.05, 3.63) is 198 Å². The molecule has 4 aromatic heterocycles. The van der Waals surface area contributed by atoms with E-state index in [1.165, 1.54) is 57.8 Å². The lowest BCUT2D eigenvalue weighted by Crippen LogP contribution is -2.22. The molecule has 75 heavy (non-hydrogen) atoms. The molecule has 2 aliphatic rings. The Morgan fingerprint density at radius 2 is 1.12 bits per heavy atom. The van der Waals surface area contributed by atoms with Gasteiger partial charge in [-0.05, 0) is 104 Å². The number of anilines is 2. The second-order valence-electron chi connectivity index (χ2n) is 16.1.